The van der Waals surface area contributed by atoms with Crippen LogP contribution in [0.4, 0.5) is 24.1 Å². The lowest BCUT2D eigenvalue weighted by Crippen LogP contribution is -2.45. The van der Waals surface area contributed by atoms with Gasteiger partial charge in [-0.3, -0.25) is 10.1 Å². The number of nitrogens with one attached hydrogen (secondary N) is 2. The smallest absolute Gasteiger partial charge is 0.417 e. The van der Waals surface area contributed by atoms with Gasteiger partial charge in [0.2, 0.25) is 0 Å². The van der Waals surface area contributed by atoms with Gasteiger partial charge in [0, 0.05) is 37.6 Å². The van der Waals surface area contributed by atoms with Crippen LogP contribution in [0.2, 0.25) is 0 Å². The summed E-state index contributed by atoms with van der Waals surface area (Å²) in [5.41, 5.74) is 1.31. The van der Waals surface area contributed by atoms with Crippen molar-refractivity contribution in [3.05, 3.63) is 54.1 Å². The minimum Gasteiger partial charge on any atom is -0.435 e. The van der Waals surface area contributed by atoms with Crippen molar-refractivity contribution in [3.63, 3.8) is 0 Å². The summed E-state index contributed by atoms with van der Waals surface area (Å²) < 4.78 is 33.7. The van der Waals surface area contributed by atoms with Crippen LogP contribution in [0.3, 0.4) is 0 Å². The van der Waals surface area contributed by atoms with Crippen molar-refractivity contribution in [1.82, 2.24) is 10.2 Å². The first-order chi connectivity index (χ1) is 14.5. The molecule has 3 rings (SSSR count). The Bertz CT molecular complexity index is 851. The zero-order valence-corrected chi connectivity index (χ0v) is 18.0. The molecule has 1 fully saturated rings. The van der Waals surface area contributed by atoms with Gasteiger partial charge in [-0.2, -0.15) is 8.78 Å². The molecule has 2 amide bonds. The molecule has 1 heterocycles. The Morgan fingerprint density at radius 3 is 2.26 bits per heavy atom. The molecular formula is C20H22ClF2N3O4S. The maximum Gasteiger partial charge on any atom is 0.417 e. The number of alkyl halides is 2. The average molecular weight is 474 g/mol. The highest BCUT2D eigenvalue weighted by atomic mass is 35.5. The van der Waals surface area contributed by atoms with Gasteiger partial charge in [0.05, 0.1) is 0 Å². The van der Waals surface area contributed by atoms with Crippen LogP contribution in [0, 0.1) is 0 Å². The lowest BCUT2D eigenvalue weighted by molar-refractivity contribution is -0.0498. The van der Waals surface area contributed by atoms with Gasteiger partial charge in [-0.15, -0.1) is 12.4 Å². The van der Waals surface area contributed by atoms with Gasteiger partial charge in [-0.25, -0.2) is 4.79 Å². The van der Waals surface area contributed by atoms with Gasteiger partial charge >= 0.3 is 12.7 Å². The number of rotatable bonds is 6. The minimum absolute atomic E-state index is 0. The Balaban J connectivity index is 0.00000341. The SMILES string of the molecule is Cl.O=C(Nc1ccc(OC(F)F)cc1)Oc1ccc(CSC(=O)N2CCNCC2)cc1. The number of anilines is 1. The first kappa shape index (κ1) is 24.7. The number of carbonyl (C=O) groups is 2. The normalized spacial score (nSPS) is 13.3. The summed E-state index contributed by atoms with van der Waals surface area (Å²) in [7, 11) is 0. The second kappa shape index (κ2) is 12.3. The average Bonchev–Trinajstić information content (AvgIpc) is 2.74. The Labute approximate surface area is 188 Å². The van der Waals surface area contributed by atoms with Crippen LogP contribution in [0.5, 0.6) is 11.5 Å². The number of nitrogens with zero attached hydrogens (tertiary/aromatic N) is 1. The number of piperazine rings is 1. The van der Waals surface area contributed by atoms with E-state index in [4.69, 9.17) is 4.74 Å². The second-order valence-electron chi connectivity index (χ2n) is 6.35. The molecule has 31 heavy (non-hydrogen) atoms. The molecule has 0 saturated carbocycles. The Hall–Kier alpha value is -2.56. The summed E-state index contributed by atoms with van der Waals surface area (Å²) in [6.45, 7) is 0.156. The van der Waals surface area contributed by atoms with E-state index in [0.29, 0.717) is 17.2 Å². The zero-order chi connectivity index (χ0) is 21.3. The van der Waals surface area contributed by atoms with E-state index in [1.807, 2.05) is 4.90 Å². The third-order valence-corrected chi connectivity index (χ3v) is 5.18. The van der Waals surface area contributed by atoms with Crippen LogP contribution in [0.1, 0.15) is 5.56 Å². The Morgan fingerprint density at radius 2 is 1.65 bits per heavy atom. The van der Waals surface area contributed by atoms with Gasteiger partial charge in [0.25, 0.3) is 5.24 Å². The summed E-state index contributed by atoms with van der Waals surface area (Å²) in [5, 5.41) is 5.76. The van der Waals surface area contributed by atoms with Crippen LogP contribution in [-0.2, 0) is 5.75 Å². The molecule has 0 radical (unpaired) electrons. The largest absolute Gasteiger partial charge is 0.435 e. The lowest BCUT2D eigenvalue weighted by Gasteiger charge is -2.26. The number of hydrogen-bond donors (Lipinski definition) is 2. The molecule has 0 atom stereocenters. The molecule has 2 N–H and O–H groups in total. The maximum absolute atomic E-state index is 12.2. The molecule has 1 aliphatic rings. The summed E-state index contributed by atoms with van der Waals surface area (Å²) in [4.78, 5) is 26.0. The molecular weight excluding hydrogens is 452 g/mol. The van der Waals surface area contributed by atoms with Crippen LogP contribution < -0.4 is 20.1 Å². The molecule has 0 aromatic heterocycles. The van der Waals surface area contributed by atoms with E-state index < -0.39 is 12.7 Å². The molecule has 11 heteroatoms. The van der Waals surface area contributed by atoms with Gasteiger partial charge < -0.3 is 19.7 Å². The third-order valence-electron chi connectivity index (χ3n) is 4.20. The van der Waals surface area contributed by atoms with Crippen molar-refractivity contribution in [1.29, 1.82) is 0 Å². The topological polar surface area (TPSA) is 79.9 Å². The van der Waals surface area contributed by atoms with Crippen LogP contribution in [0.25, 0.3) is 0 Å². The van der Waals surface area contributed by atoms with Crippen molar-refractivity contribution < 1.29 is 27.8 Å². The van der Waals surface area contributed by atoms with E-state index in [-0.39, 0.29) is 23.4 Å². The lowest BCUT2D eigenvalue weighted by atomic mass is 10.2. The predicted molar refractivity (Wildman–Crippen MR) is 118 cm³/mol. The highest BCUT2D eigenvalue weighted by molar-refractivity contribution is 8.12. The molecule has 0 unspecified atom stereocenters. The fourth-order valence-electron chi connectivity index (χ4n) is 2.71. The Morgan fingerprint density at radius 1 is 1.03 bits per heavy atom. The second-order valence-corrected chi connectivity index (χ2v) is 7.28. The highest BCUT2D eigenvalue weighted by Crippen LogP contribution is 2.21. The van der Waals surface area contributed by atoms with Gasteiger partial charge in [-0.05, 0) is 42.0 Å². The molecule has 2 aromatic carbocycles. The van der Waals surface area contributed by atoms with E-state index in [1.165, 1.54) is 36.0 Å². The van der Waals surface area contributed by atoms with Gasteiger partial charge in [0.1, 0.15) is 11.5 Å². The van der Waals surface area contributed by atoms with E-state index in [9.17, 15) is 18.4 Å². The van der Waals surface area contributed by atoms with E-state index in [0.717, 1.165) is 31.7 Å². The summed E-state index contributed by atoms with van der Waals surface area (Å²) in [6.07, 6.45) is -0.714. The fraction of sp³-hybridized carbons (Fsp3) is 0.300. The maximum atomic E-state index is 12.2. The van der Waals surface area contributed by atoms with Crippen LogP contribution in [0.15, 0.2) is 48.5 Å². The number of thioether (sulfide) groups is 1. The molecule has 0 aliphatic carbocycles. The van der Waals surface area contributed by atoms with Crippen LogP contribution >= 0.6 is 24.2 Å². The Kier molecular flexibility index (Phi) is 9.83. The molecule has 168 valence electrons. The first-order valence-corrected chi connectivity index (χ1v) is 10.2. The standard InChI is InChI=1S/C20H21F2N3O4S.ClH/c21-18(22)28-16-7-3-15(4-8-16)24-19(26)29-17-5-1-14(2-6-17)13-30-20(27)25-11-9-23-10-12-25;/h1-8,18,23H,9-13H2,(H,24,26);1H. The highest BCUT2D eigenvalue weighted by Gasteiger charge is 2.16. The van der Waals surface area contributed by atoms with E-state index in [2.05, 4.69) is 15.4 Å². The third kappa shape index (κ3) is 8.23. The van der Waals surface area contributed by atoms with E-state index in [1.54, 1.807) is 24.3 Å². The quantitative estimate of drug-likeness (QED) is 0.639. The summed E-state index contributed by atoms with van der Waals surface area (Å²) in [6, 6.07) is 12.3. The molecule has 1 saturated heterocycles. The number of halogens is 3. The van der Waals surface area contributed by atoms with Crippen molar-refractivity contribution in [2.24, 2.45) is 0 Å². The van der Waals surface area contributed by atoms with Crippen molar-refractivity contribution in [3.8, 4) is 11.5 Å². The van der Waals surface area contributed by atoms with Crippen molar-refractivity contribution in [2.75, 3.05) is 31.5 Å². The monoisotopic (exact) mass is 473 g/mol. The molecule has 7 nitrogen and oxygen atoms in total. The summed E-state index contributed by atoms with van der Waals surface area (Å²) in [5.74, 6) is 0.864. The fourth-order valence-corrected chi connectivity index (χ4v) is 3.56. The molecule has 2 aromatic rings. The first-order valence-electron chi connectivity index (χ1n) is 9.25. The number of ether oxygens (including phenoxy) is 2. The van der Waals surface area contributed by atoms with Crippen LogP contribution in [-0.4, -0.2) is 49.0 Å². The number of hydrogen-bond acceptors (Lipinski definition) is 6. The van der Waals surface area contributed by atoms with Crippen molar-refractivity contribution in [2.45, 2.75) is 12.4 Å². The molecule has 0 spiro atoms. The molecule has 0 bridgehead atoms. The van der Waals surface area contributed by atoms with Gasteiger partial charge in [0.15, 0.2) is 0 Å². The number of amides is 2. The van der Waals surface area contributed by atoms with Crippen molar-refractivity contribution >= 4 is 41.2 Å². The van der Waals surface area contributed by atoms with Gasteiger partial charge in [-0.1, -0.05) is 23.9 Å². The number of benzene rings is 2. The number of carbonyl (C=O) groups excluding carboxylic acids is 2. The van der Waals surface area contributed by atoms with E-state index >= 15 is 0 Å². The minimum atomic E-state index is -2.91. The summed E-state index contributed by atoms with van der Waals surface area (Å²) >= 11 is 1.24. The predicted octanol–water partition coefficient (Wildman–Crippen LogP) is 4.58. The zero-order valence-electron chi connectivity index (χ0n) is 16.4. The molecule has 1 aliphatic heterocycles.